The molecule has 1 aromatic heterocycles. The quantitative estimate of drug-likeness (QED) is 0.772. The van der Waals surface area contributed by atoms with Crippen LogP contribution in [0.15, 0.2) is 18.5 Å². The molecule has 0 unspecified atom stereocenters. The van der Waals surface area contributed by atoms with Gasteiger partial charge in [-0.1, -0.05) is 6.92 Å². The van der Waals surface area contributed by atoms with Crippen LogP contribution >= 0.6 is 0 Å². The number of nitrogen functional groups attached to an aromatic ring is 1. The topological polar surface area (TPSA) is 107 Å². The normalized spacial score (nSPS) is 29.9. The number of carbonyl (C=O) groups is 1. The van der Waals surface area contributed by atoms with Crippen LogP contribution in [0.4, 0.5) is 10.5 Å². The van der Waals surface area contributed by atoms with E-state index < -0.39 is 29.4 Å². The lowest BCUT2D eigenvalue weighted by Gasteiger charge is -2.46. The monoisotopic (exact) mass is 351 g/mol. The van der Waals surface area contributed by atoms with Crippen molar-refractivity contribution < 1.29 is 19.4 Å². The Kier molecular flexibility index (Phi) is 5.58. The summed E-state index contributed by atoms with van der Waals surface area (Å²) in [7, 11) is 0. The number of amides is 1. The minimum atomic E-state index is -1.22. The van der Waals surface area contributed by atoms with E-state index in [1.165, 1.54) is 0 Å². The molecule has 2 heterocycles. The molecule has 0 spiro atoms. The second kappa shape index (κ2) is 7.17. The lowest BCUT2D eigenvalue weighted by molar-refractivity contribution is -0.184. The average Bonchev–Trinajstić information content (AvgIpc) is 2.48. The van der Waals surface area contributed by atoms with Gasteiger partial charge in [-0.25, -0.2) is 4.79 Å². The number of anilines is 1. The Balaban J connectivity index is 2.23. The Labute approximate surface area is 148 Å². The number of hydrogen-bond donors (Lipinski definition) is 3. The molecule has 2 rings (SSSR count). The third-order valence-electron chi connectivity index (χ3n) is 4.43. The Morgan fingerprint density at radius 1 is 1.56 bits per heavy atom. The number of hydrogen-bond acceptors (Lipinski definition) is 6. The molecule has 25 heavy (non-hydrogen) atoms. The number of nitrogens with zero attached hydrogens (tertiary/aromatic N) is 1. The second-order valence-corrected chi connectivity index (χ2v) is 7.69. The van der Waals surface area contributed by atoms with Crippen LogP contribution in [0.2, 0.25) is 0 Å². The van der Waals surface area contributed by atoms with Gasteiger partial charge in [0.05, 0.1) is 30.1 Å². The molecule has 1 fully saturated rings. The van der Waals surface area contributed by atoms with E-state index in [1.54, 1.807) is 46.2 Å². The third-order valence-corrected chi connectivity index (χ3v) is 4.43. The summed E-state index contributed by atoms with van der Waals surface area (Å²) in [5, 5.41) is 13.7. The molecule has 0 saturated carbocycles. The van der Waals surface area contributed by atoms with Crippen molar-refractivity contribution in [2.45, 2.75) is 76.9 Å². The molecule has 4 atom stereocenters. The van der Waals surface area contributed by atoms with E-state index in [4.69, 9.17) is 15.2 Å². The molecule has 0 aromatic carbocycles. The molecule has 140 valence electrons. The number of carbonyl (C=O) groups excluding carboxylic acids is 1. The number of nitrogens with two attached hydrogens (primary N) is 1. The van der Waals surface area contributed by atoms with Crippen LogP contribution in [0.1, 0.15) is 59.1 Å². The highest BCUT2D eigenvalue weighted by Crippen LogP contribution is 2.39. The van der Waals surface area contributed by atoms with Gasteiger partial charge in [-0.3, -0.25) is 4.98 Å². The van der Waals surface area contributed by atoms with Gasteiger partial charge < -0.3 is 25.6 Å². The first-order valence-electron chi connectivity index (χ1n) is 8.61. The van der Waals surface area contributed by atoms with E-state index in [0.29, 0.717) is 18.5 Å². The van der Waals surface area contributed by atoms with E-state index in [2.05, 4.69) is 10.3 Å². The summed E-state index contributed by atoms with van der Waals surface area (Å²) in [4.78, 5) is 16.2. The summed E-state index contributed by atoms with van der Waals surface area (Å²) in [6, 6.07) is 1.27. The maximum Gasteiger partial charge on any atom is 0.407 e. The Morgan fingerprint density at radius 2 is 2.24 bits per heavy atom. The standard InChI is InChI=1S/C18H29N3O4/c1-6-15-18(5,23)14(21-16(22)25-17(2,3)4)9-13(24-15)11-7-8-20-10-12(11)19/h7-8,10,13-15,23H,6,9,19H2,1-5H3,(H,21,22)/t13-,14-,15-,18+/m1/s1. The van der Waals surface area contributed by atoms with Crippen molar-refractivity contribution in [3.8, 4) is 0 Å². The fraction of sp³-hybridized carbons (Fsp3) is 0.667. The van der Waals surface area contributed by atoms with Gasteiger partial charge in [0.2, 0.25) is 0 Å². The Hall–Kier alpha value is -1.86. The highest BCUT2D eigenvalue weighted by atomic mass is 16.6. The molecule has 1 saturated heterocycles. The summed E-state index contributed by atoms with van der Waals surface area (Å²) in [5.74, 6) is 0. The minimum absolute atomic E-state index is 0.340. The summed E-state index contributed by atoms with van der Waals surface area (Å²) in [5.41, 5.74) is 5.52. The molecule has 7 nitrogen and oxygen atoms in total. The zero-order chi connectivity index (χ0) is 18.8. The maximum atomic E-state index is 12.2. The molecule has 1 aliphatic heterocycles. The number of ether oxygens (including phenoxy) is 2. The van der Waals surface area contributed by atoms with Crippen LogP contribution in [0.3, 0.4) is 0 Å². The van der Waals surface area contributed by atoms with Crippen molar-refractivity contribution in [1.82, 2.24) is 10.3 Å². The van der Waals surface area contributed by atoms with Crippen molar-refractivity contribution in [2.75, 3.05) is 5.73 Å². The van der Waals surface area contributed by atoms with Crippen LogP contribution in [0, 0.1) is 0 Å². The van der Waals surface area contributed by atoms with Crippen molar-refractivity contribution in [3.63, 3.8) is 0 Å². The summed E-state index contributed by atoms with van der Waals surface area (Å²) < 4.78 is 11.4. The summed E-state index contributed by atoms with van der Waals surface area (Å²) in [6.45, 7) is 9.00. The predicted octanol–water partition coefficient (Wildman–Crippen LogP) is 2.55. The number of nitrogens with one attached hydrogen (secondary N) is 1. The Morgan fingerprint density at radius 3 is 2.80 bits per heavy atom. The molecular formula is C18H29N3O4. The van der Waals surface area contributed by atoms with Crippen LogP contribution < -0.4 is 11.1 Å². The fourth-order valence-electron chi connectivity index (χ4n) is 3.14. The SMILES string of the molecule is CC[C@H]1O[C@@H](c2ccncc2N)C[C@@H](NC(=O)OC(C)(C)C)[C@]1(C)O. The highest BCUT2D eigenvalue weighted by molar-refractivity contribution is 5.68. The fourth-order valence-corrected chi connectivity index (χ4v) is 3.14. The van der Waals surface area contributed by atoms with E-state index in [9.17, 15) is 9.90 Å². The second-order valence-electron chi connectivity index (χ2n) is 7.69. The third kappa shape index (κ3) is 4.61. The van der Waals surface area contributed by atoms with Crippen LogP contribution in [0.5, 0.6) is 0 Å². The van der Waals surface area contributed by atoms with E-state index >= 15 is 0 Å². The number of aliphatic hydroxyl groups is 1. The predicted molar refractivity (Wildman–Crippen MR) is 95.0 cm³/mol. The smallest absolute Gasteiger partial charge is 0.407 e. The van der Waals surface area contributed by atoms with Gasteiger partial charge in [0.15, 0.2) is 0 Å². The average molecular weight is 351 g/mol. The summed E-state index contributed by atoms with van der Waals surface area (Å²) >= 11 is 0. The largest absolute Gasteiger partial charge is 0.444 e. The molecular weight excluding hydrogens is 322 g/mol. The van der Waals surface area contributed by atoms with Gasteiger partial charge in [-0.05, 0) is 40.2 Å². The van der Waals surface area contributed by atoms with Crippen molar-refractivity contribution in [2.24, 2.45) is 0 Å². The zero-order valence-electron chi connectivity index (χ0n) is 15.6. The zero-order valence-corrected chi connectivity index (χ0v) is 15.6. The van der Waals surface area contributed by atoms with Crippen molar-refractivity contribution >= 4 is 11.8 Å². The van der Waals surface area contributed by atoms with Crippen LogP contribution in [-0.2, 0) is 9.47 Å². The molecule has 4 N–H and O–H groups in total. The number of rotatable bonds is 3. The summed E-state index contributed by atoms with van der Waals surface area (Å²) in [6.07, 6.45) is 2.86. The first-order chi connectivity index (χ1) is 11.5. The van der Waals surface area contributed by atoms with Crippen molar-refractivity contribution in [3.05, 3.63) is 24.0 Å². The molecule has 1 amide bonds. The van der Waals surface area contributed by atoms with Gasteiger partial charge in [0.25, 0.3) is 0 Å². The first kappa shape index (κ1) is 19.5. The van der Waals surface area contributed by atoms with E-state index in [1.807, 2.05) is 6.92 Å². The van der Waals surface area contributed by atoms with Gasteiger partial charge in [0, 0.05) is 18.2 Å². The lowest BCUT2D eigenvalue weighted by Crippen LogP contribution is -2.62. The lowest BCUT2D eigenvalue weighted by atomic mass is 9.81. The van der Waals surface area contributed by atoms with Gasteiger partial charge in [-0.2, -0.15) is 0 Å². The van der Waals surface area contributed by atoms with Gasteiger partial charge in [0.1, 0.15) is 11.2 Å². The highest BCUT2D eigenvalue weighted by Gasteiger charge is 2.47. The van der Waals surface area contributed by atoms with E-state index in [-0.39, 0.29) is 6.10 Å². The maximum absolute atomic E-state index is 12.2. The molecule has 0 bridgehead atoms. The van der Waals surface area contributed by atoms with Gasteiger partial charge in [-0.15, -0.1) is 0 Å². The van der Waals surface area contributed by atoms with E-state index in [0.717, 1.165) is 5.56 Å². The molecule has 1 aliphatic rings. The molecule has 7 heteroatoms. The molecule has 1 aromatic rings. The Bertz CT molecular complexity index is 613. The number of alkyl carbamates (subject to hydrolysis) is 1. The first-order valence-corrected chi connectivity index (χ1v) is 8.61. The molecule has 0 aliphatic carbocycles. The van der Waals surface area contributed by atoms with Gasteiger partial charge >= 0.3 is 6.09 Å². The minimum Gasteiger partial charge on any atom is -0.444 e. The van der Waals surface area contributed by atoms with Crippen molar-refractivity contribution in [1.29, 1.82) is 0 Å². The number of aromatic nitrogens is 1. The number of pyridine rings is 1. The van der Waals surface area contributed by atoms with Crippen LogP contribution in [-0.4, -0.2) is 39.5 Å². The van der Waals surface area contributed by atoms with Crippen LogP contribution in [0.25, 0.3) is 0 Å². The molecule has 0 radical (unpaired) electrons.